The van der Waals surface area contributed by atoms with Gasteiger partial charge in [-0.05, 0) is 43.5 Å². The maximum absolute atomic E-state index is 12.7. The molecule has 1 rings (SSSR count). The Bertz CT molecular complexity index is 281. The molecule has 1 nitrogen and oxygen atoms in total. The fourth-order valence-corrected chi connectivity index (χ4v) is 1.60. The predicted molar refractivity (Wildman–Crippen MR) is 62.6 cm³/mol. The summed E-state index contributed by atoms with van der Waals surface area (Å²) < 4.78 is 12.7. The number of hydrogen-bond acceptors (Lipinski definition) is 1. The lowest BCUT2D eigenvalue weighted by molar-refractivity contribution is 0.481. The average molecular weight is 209 g/mol. The van der Waals surface area contributed by atoms with Crippen molar-refractivity contribution in [3.05, 3.63) is 35.6 Å². The molecule has 2 unspecified atom stereocenters. The topological polar surface area (TPSA) is 12.0 Å². The number of rotatable bonds is 5. The molecule has 1 N–H and O–H groups in total. The Morgan fingerprint density at radius 2 is 1.80 bits per heavy atom. The van der Waals surface area contributed by atoms with Crippen LogP contribution in [-0.4, -0.2) is 12.6 Å². The summed E-state index contributed by atoms with van der Waals surface area (Å²) in [6.45, 7) is 7.53. The minimum absolute atomic E-state index is 0.167. The van der Waals surface area contributed by atoms with E-state index >= 15 is 0 Å². The SMILES string of the molecule is CCCNC(C)C(C)c1ccc(F)cc1. The number of benzene rings is 1. The van der Waals surface area contributed by atoms with E-state index in [0.29, 0.717) is 12.0 Å². The van der Waals surface area contributed by atoms with Gasteiger partial charge in [0.2, 0.25) is 0 Å². The van der Waals surface area contributed by atoms with Crippen LogP contribution in [0.5, 0.6) is 0 Å². The molecule has 2 atom stereocenters. The van der Waals surface area contributed by atoms with Crippen LogP contribution in [-0.2, 0) is 0 Å². The summed E-state index contributed by atoms with van der Waals surface area (Å²) in [5.41, 5.74) is 1.19. The van der Waals surface area contributed by atoms with E-state index < -0.39 is 0 Å². The number of halogens is 1. The summed E-state index contributed by atoms with van der Waals surface area (Å²) in [5, 5.41) is 3.45. The van der Waals surface area contributed by atoms with Gasteiger partial charge >= 0.3 is 0 Å². The molecule has 0 aliphatic heterocycles. The number of nitrogens with one attached hydrogen (secondary N) is 1. The molecule has 1 aromatic carbocycles. The zero-order valence-corrected chi connectivity index (χ0v) is 9.76. The summed E-state index contributed by atoms with van der Waals surface area (Å²) in [4.78, 5) is 0. The molecule has 0 fully saturated rings. The summed E-state index contributed by atoms with van der Waals surface area (Å²) in [5.74, 6) is 0.247. The molecule has 0 saturated carbocycles. The zero-order chi connectivity index (χ0) is 11.3. The van der Waals surface area contributed by atoms with Crippen LogP contribution < -0.4 is 5.32 Å². The van der Waals surface area contributed by atoms with E-state index in [-0.39, 0.29) is 5.82 Å². The van der Waals surface area contributed by atoms with Gasteiger partial charge in [0.15, 0.2) is 0 Å². The molecule has 0 aromatic heterocycles. The first kappa shape index (κ1) is 12.2. The second-order valence-electron chi connectivity index (χ2n) is 4.08. The van der Waals surface area contributed by atoms with Crippen LogP contribution in [0.1, 0.15) is 38.7 Å². The van der Waals surface area contributed by atoms with Crippen molar-refractivity contribution < 1.29 is 4.39 Å². The Balaban J connectivity index is 2.59. The van der Waals surface area contributed by atoms with Gasteiger partial charge in [-0.3, -0.25) is 0 Å². The van der Waals surface area contributed by atoms with Crippen molar-refractivity contribution in [1.29, 1.82) is 0 Å². The summed E-state index contributed by atoms with van der Waals surface area (Å²) >= 11 is 0. The third-order valence-corrected chi connectivity index (χ3v) is 2.86. The van der Waals surface area contributed by atoms with Gasteiger partial charge in [0.25, 0.3) is 0 Å². The lowest BCUT2D eigenvalue weighted by Crippen LogP contribution is -2.31. The van der Waals surface area contributed by atoms with E-state index in [1.54, 1.807) is 0 Å². The monoisotopic (exact) mass is 209 g/mol. The zero-order valence-electron chi connectivity index (χ0n) is 9.76. The quantitative estimate of drug-likeness (QED) is 0.784. The van der Waals surface area contributed by atoms with Gasteiger partial charge in [0, 0.05) is 6.04 Å². The lowest BCUT2D eigenvalue weighted by atomic mass is 9.94. The highest BCUT2D eigenvalue weighted by Gasteiger charge is 2.12. The standard InChI is InChI=1S/C13H20FN/c1-4-9-15-11(3)10(2)12-5-7-13(14)8-6-12/h5-8,10-11,15H,4,9H2,1-3H3. The second kappa shape index (κ2) is 5.86. The minimum atomic E-state index is -0.167. The molecule has 15 heavy (non-hydrogen) atoms. The molecule has 0 aliphatic carbocycles. The molecule has 2 heteroatoms. The Morgan fingerprint density at radius 1 is 1.20 bits per heavy atom. The average Bonchev–Trinajstić information content (AvgIpc) is 2.26. The third kappa shape index (κ3) is 3.63. The van der Waals surface area contributed by atoms with E-state index in [1.165, 1.54) is 17.7 Å². The van der Waals surface area contributed by atoms with Crippen LogP contribution in [0.25, 0.3) is 0 Å². The minimum Gasteiger partial charge on any atom is -0.314 e. The maximum Gasteiger partial charge on any atom is 0.123 e. The molecule has 0 spiro atoms. The largest absolute Gasteiger partial charge is 0.314 e. The van der Waals surface area contributed by atoms with Crippen LogP contribution >= 0.6 is 0 Å². The van der Waals surface area contributed by atoms with Crippen molar-refractivity contribution in [2.75, 3.05) is 6.54 Å². The molecule has 0 aliphatic rings. The van der Waals surface area contributed by atoms with Crippen molar-refractivity contribution in [3.63, 3.8) is 0 Å². The molecule has 0 radical (unpaired) electrons. The van der Waals surface area contributed by atoms with E-state index in [1.807, 2.05) is 12.1 Å². The van der Waals surface area contributed by atoms with Crippen LogP contribution in [0.3, 0.4) is 0 Å². The Labute approximate surface area is 91.7 Å². The fraction of sp³-hybridized carbons (Fsp3) is 0.538. The first-order valence-corrected chi connectivity index (χ1v) is 5.64. The first-order valence-electron chi connectivity index (χ1n) is 5.64. The fourth-order valence-electron chi connectivity index (χ4n) is 1.60. The van der Waals surface area contributed by atoms with Gasteiger partial charge in [0.05, 0.1) is 0 Å². The van der Waals surface area contributed by atoms with Crippen molar-refractivity contribution in [1.82, 2.24) is 5.32 Å². The molecule has 0 amide bonds. The predicted octanol–water partition coefficient (Wildman–Crippen LogP) is 3.32. The summed E-state index contributed by atoms with van der Waals surface area (Å²) in [6, 6.07) is 7.21. The van der Waals surface area contributed by atoms with Crippen molar-refractivity contribution in [2.45, 2.75) is 39.2 Å². The summed E-state index contributed by atoms with van der Waals surface area (Å²) in [7, 11) is 0. The summed E-state index contributed by atoms with van der Waals surface area (Å²) in [6.07, 6.45) is 1.14. The lowest BCUT2D eigenvalue weighted by Gasteiger charge is -2.21. The highest BCUT2D eigenvalue weighted by atomic mass is 19.1. The van der Waals surface area contributed by atoms with Gasteiger partial charge in [-0.15, -0.1) is 0 Å². The van der Waals surface area contributed by atoms with E-state index in [2.05, 4.69) is 26.1 Å². The highest BCUT2D eigenvalue weighted by Crippen LogP contribution is 2.19. The van der Waals surface area contributed by atoms with Crippen molar-refractivity contribution >= 4 is 0 Å². The molecular weight excluding hydrogens is 189 g/mol. The Kier molecular flexibility index (Phi) is 4.76. The Morgan fingerprint density at radius 3 is 2.33 bits per heavy atom. The normalized spacial score (nSPS) is 14.9. The first-order chi connectivity index (χ1) is 7.15. The van der Waals surface area contributed by atoms with E-state index in [0.717, 1.165) is 13.0 Å². The van der Waals surface area contributed by atoms with E-state index in [9.17, 15) is 4.39 Å². The second-order valence-corrected chi connectivity index (χ2v) is 4.08. The van der Waals surface area contributed by atoms with Crippen LogP contribution in [0.2, 0.25) is 0 Å². The highest BCUT2D eigenvalue weighted by molar-refractivity contribution is 5.21. The molecule has 84 valence electrons. The van der Waals surface area contributed by atoms with Gasteiger partial charge in [-0.2, -0.15) is 0 Å². The molecular formula is C13H20FN. The van der Waals surface area contributed by atoms with Crippen LogP contribution in [0.4, 0.5) is 4.39 Å². The maximum atomic E-state index is 12.7. The van der Waals surface area contributed by atoms with Gasteiger partial charge in [-0.1, -0.05) is 26.0 Å². The molecule has 0 bridgehead atoms. The molecule has 0 heterocycles. The third-order valence-electron chi connectivity index (χ3n) is 2.86. The number of hydrogen-bond donors (Lipinski definition) is 1. The van der Waals surface area contributed by atoms with Crippen molar-refractivity contribution in [2.24, 2.45) is 0 Å². The van der Waals surface area contributed by atoms with Gasteiger partial charge in [0.1, 0.15) is 5.82 Å². The molecule has 1 aromatic rings. The van der Waals surface area contributed by atoms with E-state index in [4.69, 9.17) is 0 Å². The van der Waals surface area contributed by atoms with Crippen LogP contribution in [0, 0.1) is 5.82 Å². The van der Waals surface area contributed by atoms with Crippen LogP contribution in [0.15, 0.2) is 24.3 Å². The smallest absolute Gasteiger partial charge is 0.123 e. The Hall–Kier alpha value is -0.890. The van der Waals surface area contributed by atoms with Crippen molar-refractivity contribution in [3.8, 4) is 0 Å². The molecule has 0 saturated heterocycles. The van der Waals surface area contributed by atoms with Gasteiger partial charge in [-0.25, -0.2) is 4.39 Å². The van der Waals surface area contributed by atoms with Gasteiger partial charge < -0.3 is 5.32 Å².